The third kappa shape index (κ3) is 4.05. The molecule has 1 aliphatic rings. The number of carbonyl (C=O) groups excluding carboxylic acids is 2. The molecule has 1 heterocycles. The number of anilines is 1. The number of aryl methyl sites for hydroxylation is 1. The zero-order valence-electron chi connectivity index (χ0n) is 14.2. The summed E-state index contributed by atoms with van der Waals surface area (Å²) in [5, 5.41) is 2.69. The van der Waals surface area contributed by atoms with Crippen LogP contribution in [0.4, 0.5) is 14.5 Å². The number of benzene rings is 2. The first-order valence-corrected chi connectivity index (χ1v) is 8.13. The summed E-state index contributed by atoms with van der Waals surface area (Å²) in [6.07, 6.45) is 0. The van der Waals surface area contributed by atoms with E-state index in [0.717, 1.165) is 0 Å². The van der Waals surface area contributed by atoms with Crippen LogP contribution in [0.15, 0.2) is 42.5 Å². The van der Waals surface area contributed by atoms with E-state index >= 15 is 0 Å². The summed E-state index contributed by atoms with van der Waals surface area (Å²) in [6.45, 7) is 1.71. The lowest BCUT2D eigenvalue weighted by Crippen LogP contribution is -2.54. The Morgan fingerprint density at radius 2 is 1.96 bits per heavy atom. The number of halogens is 2. The van der Waals surface area contributed by atoms with E-state index in [1.165, 1.54) is 35.2 Å². The lowest BCUT2D eigenvalue weighted by molar-refractivity contribution is -0.154. The van der Waals surface area contributed by atoms with E-state index in [4.69, 9.17) is 4.74 Å². The number of rotatable bonds is 4. The molecule has 1 fully saturated rings. The van der Waals surface area contributed by atoms with Gasteiger partial charge in [0.1, 0.15) is 24.3 Å². The van der Waals surface area contributed by atoms with Crippen LogP contribution < -0.4 is 5.32 Å². The number of amides is 2. The Labute approximate surface area is 149 Å². The van der Waals surface area contributed by atoms with Gasteiger partial charge in [0.05, 0.1) is 6.61 Å². The third-order valence-electron chi connectivity index (χ3n) is 4.19. The van der Waals surface area contributed by atoms with Gasteiger partial charge in [-0.1, -0.05) is 12.1 Å². The van der Waals surface area contributed by atoms with Gasteiger partial charge in [-0.05, 0) is 48.4 Å². The Bertz CT molecular complexity index is 824. The van der Waals surface area contributed by atoms with E-state index in [-0.39, 0.29) is 37.3 Å². The molecule has 1 aliphatic heterocycles. The van der Waals surface area contributed by atoms with Crippen molar-refractivity contribution in [3.05, 3.63) is 65.2 Å². The number of ether oxygens (including phenoxy) is 1. The second-order valence-electron chi connectivity index (χ2n) is 6.13. The van der Waals surface area contributed by atoms with Crippen LogP contribution in [0.25, 0.3) is 0 Å². The van der Waals surface area contributed by atoms with Crippen molar-refractivity contribution in [3.63, 3.8) is 0 Å². The molecular formula is C19H18F2N2O3. The molecule has 1 saturated heterocycles. The highest BCUT2D eigenvalue weighted by molar-refractivity contribution is 5.98. The van der Waals surface area contributed by atoms with Gasteiger partial charge >= 0.3 is 0 Å². The standard InChI is InChI=1S/C19H18F2N2O3/c1-12-8-15(6-7-16(12)21)22-19(25)17-10-26-11-18(24)23(17)9-13-2-4-14(20)5-3-13/h2-8,17H,9-11H2,1H3,(H,22,25)/t17-/m0/s1. The van der Waals surface area contributed by atoms with Gasteiger partial charge in [-0.15, -0.1) is 0 Å². The van der Waals surface area contributed by atoms with Crippen LogP contribution in [0.3, 0.4) is 0 Å². The average molecular weight is 360 g/mol. The summed E-state index contributed by atoms with van der Waals surface area (Å²) < 4.78 is 31.6. The molecule has 2 aromatic carbocycles. The second kappa shape index (κ2) is 7.61. The maximum Gasteiger partial charge on any atom is 0.249 e. The van der Waals surface area contributed by atoms with Gasteiger partial charge in [0.15, 0.2) is 0 Å². The fourth-order valence-electron chi connectivity index (χ4n) is 2.75. The van der Waals surface area contributed by atoms with Crippen molar-refractivity contribution in [2.75, 3.05) is 18.5 Å². The van der Waals surface area contributed by atoms with Gasteiger partial charge in [-0.25, -0.2) is 8.78 Å². The number of nitrogens with one attached hydrogen (secondary N) is 1. The van der Waals surface area contributed by atoms with E-state index in [2.05, 4.69) is 5.32 Å². The number of nitrogens with zero attached hydrogens (tertiary/aromatic N) is 1. The molecule has 0 radical (unpaired) electrons. The van der Waals surface area contributed by atoms with E-state index in [0.29, 0.717) is 16.8 Å². The summed E-state index contributed by atoms with van der Waals surface area (Å²) >= 11 is 0. The molecule has 0 aromatic heterocycles. The number of carbonyl (C=O) groups is 2. The van der Waals surface area contributed by atoms with Gasteiger partial charge in [0, 0.05) is 12.2 Å². The van der Waals surface area contributed by atoms with Crippen molar-refractivity contribution in [1.29, 1.82) is 0 Å². The molecule has 2 amide bonds. The summed E-state index contributed by atoms with van der Waals surface area (Å²) in [4.78, 5) is 26.3. The fourth-order valence-corrected chi connectivity index (χ4v) is 2.75. The first-order valence-electron chi connectivity index (χ1n) is 8.13. The highest BCUT2D eigenvalue weighted by Crippen LogP contribution is 2.18. The highest BCUT2D eigenvalue weighted by Gasteiger charge is 2.34. The first-order chi connectivity index (χ1) is 12.4. The van der Waals surface area contributed by atoms with E-state index in [9.17, 15) is 18.4 Å². The molecule has 1 N–H and O–H groups in total. The van der Waals surface area contributed by atoms with Crippen molar-refractivity contribution in [1.82, 2.24) is 4.90 Å². The lowest BCUT2D eigenvalue weighted by Gasteiger charge is -2.34. The lowest BCUT2D eigenvalue weighted by atomic mass is 10.1. The normalized spacial score (nSPS) is 17.3. The van der Waals surface area contributed by atoms with Gasteiger partial charge in [-0.3, -0.25) is 9.59 Å². The molecular weight excluding hydrogens is 342 g/mol. The number of hydrogen-bond donors (Lipinski definition) is 1. The maximum absolute atomic E-state index is 13.4. The van der Waals surface area contributed by atoms with Crippen LogP contribution in [0.1, 0.15) is 11.1 Å². The maximum atomic E-state index is 13.4. The van der Waals surface area contributed by atoms with Crippen LogP contribution in [-0.4, -0.2) is 36.0 Å². The smallest absolute Gasteiger partial charge is 0.249 e. The van der Waals surface area contributed by atoms with Gasteiger partial charge in [0.2, 0.25) is 11.8 Å². The molecule has 0 spiro atoms. The Morgan fingerprint density at radius 1 is 1.23 bits per heavy atom. The van der Waals surface area contributed by atoms with Crippen LogP contribution in [-0.2, 0) is 20.9 Å². The van der Waals surface area contributed by atoms with E-state index in [1.54, 1.807) is 19.1 Å². The molecule has 0 bridgehead atoms. The molecule has 0 saturated carbocycles. The minimum absolute atomic E-state index is 0.0545. The average Bonchev–Trinajstić information content (AvgIpc) is 2.61. The first kappa shape index (κ1) is 18.0. The molecule has 26 heavy (non-hydrogen) atoms. The predicted molar refractivity (Wildman–Crippen MR) is 91.3 cm³/mol. The topological polar surface area (TPSA) is 58.6 Å². The van der Waals surface area contributed by atoms with Gasteiger partial charge in [0.25, 0.3) is 0 Å². The Kier molecular flexibility index (Phi) is 5.27. The summed E-state index contributed by atoms with van der Waals surface area (Å²) in [5.74, 6) is -1.48. The molecule has 5 nitrogen and oxygen atoms in total. The summed E-state index contributed by atoms with van der Waals surface area (Å²) in [5.41, 5.74) is 1.55. The van der Waals surface area contributed by atoms with Gasteiger partial charge in [-0.2, -0.15) is 0 Å². The van der Waals surface area contributed by atoms with Crippen molar-refractivity contribution < 1.29 is 23.1 Å². The van der Waals surface area contributed by atoms with Crippen LogP contribution in [0.2, 0.25) is 0 Å². The van der Waals surface area contributed by atoms with Crippen LogP contribution >= 0.6 is 0 Å². The monoisotopic (exact) mass is 360 g/mol. The molecule has 7 heteroatoms. The third-order valence-corrected chi connectivity index (χ3v) is 4.19. The zero-order chi connectivity index (χ0) is 18.7. The van der Waals surface area contributed by atoms with Crippen molar-refractivity contribution in [3.8, 4) is 0 Å². The Morgan fingerprint density at radius 3 is 2.65 bits per heavy atom. The van der Waals surface area contributed by atoms with Crippen molar-refractivity contribution >= 4 is 17.5 Å². The molecule has 136 valence electrons. The Balaban J connectivity index is 1.76. The quantitative estimate of drug-likeness (QED) is 0.912. The number of hydrogen-bond acceptors (Lipinski definition) is 3. The minimum atomic E-state index is -0.827. The highest BCUT2D eigenvalue weighted by atomic mass is 19.1. The van der Waals surface area contributed by atoms with Crippen LogP contribution in [0, 0.1) is 18.6 Å². The van der Waals surface area contributed by atoms with Crippen LogP contribution in [0.5, 0.6) is 0 Å². The van der Waals surface area contributed by atoms with Crippen molar-refractivity contribution in [2.24, 2.45) is 0 Å². The SMILES string of the molecule is Cc1cc(NC(=O)[C@@H]2COCC(=O)N2Cc2ccc(F)cc2)ccc1F. The second-order valence-corrected chi connectivity index (χ2v) is 6.13. The summed E-state index contributed by atoms with van der Waals surface area (Å²) in [7, 11) is 0. The largest absolute Gasteiger partial charge is 0.369 e. The van der Waals surface area contributed by atoms with Gasteiger partial charge < -0.3 is 15.0 Å². The Hall–Kier alpha value is -2.80. The number of morpholine rings is 1. The molecule has 2 aromatic rings. The zero-order valence-corrected chi connectivity index (χ0v) is 14.2. The van der Waals surface area contributed by atoms with Crippen molar-refractivity contribution in [2.45, 2.75) is 19.5 Å². The molecule has 3 rings (SSSR count). The molecule has 1 atom stereocenters. The minimum Gasteiger partial charge on any atom is -0.369 e. The van der Waals surface area contributed by atoms with E-state index < -0.39 is 11.9 Å². The molecule has 0 unspecified atom stereocenters. The predicted octanol–water partition coefficient (Wildman–Crippen LogP) is 2.64. The van der Waals surface area contributed by atoms with E-state index in [1.807, 2.05) is 0 Å². The molecule has 0 aliphatic carbocycles. The fraction of sp³-hybridized carbons (Fsp3) is 0.263. The summed E-state index contributed by atoms with van der Waals surface area (Å²) in [6, 6.07) is 9.15.